The first-order chi connectivity index (χ1) is 9.82. The highest BCUT2D eigenvalue weighted by molar-refractivity contribution is 7.89. The van der Waals surface area contributed by atoms with Gasteiger partial charge in [-0.15, -0.1) is 11.6 Å². The van der Waals surface area contributed by atoms with Gasteiger partial charge in [-0.2, -0.15) is 0 Å². The zero-order valence-corrected chi connectivity index (χ0v) is 14.7. The Labute approximate surface area is 133 Å². The molecule has 0 aliphatic heterocycles. The van der Waals surface area contributed by atoms with Crippen molar-refractivity contribution in [3.05, 3.63) is 23.8 Å². The van der Waals surface area contributed by atoms with E-state index in [0.717, 1.165) is 6.42 Å². The summed E-state index contributed by atoms with van der Waals surface area (Å²) in [5.41, 5.74) is 0.695. The molecule has 0 amide bonds. The zero-order chi connectivity index (χ0) is 16.0. The van der Waals surface area contributed by atoms with Crippen LogP contribution in [0.4, 0.5) is 0 Å². The lowest BCUT2D eigenvalue weighted by Crippen LogP contribution is -2.29. The summed E-state index contributed by atoms with van der Waals surface area (Å²) in [6, 6.07) is 5.01. The Morgan fingerprint density at radius 3 is 2.52 bits per heavy atom. The first kappa shape index (κ1) is 18.3. The number of rotatable bonds is 8. The van der Waals surface area contributed by atoms with Gasteiger partial charge < -0.3 is 4.74 Å². The first-order valence-electron chi connectivity index (χ1n) is 7.02. The minimum atomic E-state index is -3.49. The van der Waals surface area contributed by atoms with Crippen molar-refractivity contribution in [2.24, 2.45) is 5.92 Å². The standard InChI is InChI=1S/C15H24ClNO3S/c1-12(2)8-10-17(3)21(18,19)15-6-5-14(20-4)11-13(15)7-9-16/h5-6,11-12H,7-10H2,1-4H3. The molecule has 1 rings (SSSR count). The van der Waals surface area contributed by atoms with E-state index in [1.165, 1.54) is 4.31 Å². The highest BCUT2D eigenvalue weighted by Crippen LogP contribution is 2.25. The number of hydrogen-bond donors (Lipinski definition) is 0. The van der Waals surface area contributed by atoms with Crippen LogP contribution in [0, 0.1) is 5.92 Å². The van der Waals surface area contributed by atoms with Crippen molar-refractivity contribution in [2.45, 2.75) is 31.6 Å². The predicted octanol–water partition coefficient (Wildman–Crippen LogP) is 3.14. The van der Waals surface area contributed by atoms with Gasteiger partial charge in [0.1, 0.15) is 5.75 Å². The Kier molecular flexibility index (Phi) is 6.97. The van der Waals surface area contributed by atoms with Crippen LogP contribution in [-0.2, 0) is 16.4 Å². The molecule has 0 aliphatic carbocycles. The molecule has 120 valence electrons. The van der Waals surface area contributed by atoms with Crippen molar-refractivity contribution >= 4 is 21.6 Å². The molecule has 6 heteroatoms. The van der Waals surface area contributed by atoms with E-state index < -0.39 is 10.0 Å². The second-order valence-electron chi connectivity index (χ2n) is 5.42. The lowest BCUT2D eigenvalue weighted by Gasteiger charge is -2.20. The maximum Gasteiger partial charge on any atom is 0.243 e. The number of halogens is 1. The molecule has 0 heterocycles. The van der Waals surface area contributed by atoms with Crippen molar-refractivity contribution in [2.75, 3.05) is 26.6 Å². The predicted molar refractivity (Wildman–Crippen MR) is 86.7 cm³/mol. The quantitative estimate of drug-likeness (QED) is 0.687. The Hall–Kier alpha value is -0.780. The monoisotopic (exact) mass is 333 g/mol. The molecule has 21 heavy (non-hydrogen) atoms. The molecule has 0 unspecified atom stereocenters. The Morgan fingerprint density at radius 1 is 1.33 bits per heavy atom. The van der Waals surface area contributed by atoms with E-state index in [-0.39, 0.29) is 0 Å². The van der Waals surface area contributed by atoms with E-state index in [0.29, 0.717) is 41.0 Å². The normalized spacial score (nSPS) is 12.1. The topological polar surface area (TPSA) is 46.6 Å². The fourth-order valence-electron chi connectivity index (χ4n) is 1.96. The van der Waals surface area contributed by atoms with E-state index in [4.69, 9.17) is 16.3 Å². The summed E-state index contributed by atoms with van der Waals surface area (Å²) in [5, 5.41) is 0. The van der Waals surface area contributed by atoms with Crippen LogP contribution in [0.3, 0.4) is 0 Å². The molecular formula is C15H24ClNO3S. The molecule has 0 aliphatic rings. The summed E-state index contributed by atoms with van der Waals surface area (Å²) in [7, 11) is -0.318. The Bertz CT molecular complexity index is 558. The van der Waals surface area contributed by atoms with Crippen LogP contribution in [0.25, 0.3) is 0 Å². The third-order valence-electron chi connectivity index (χ3n) is 3.34. The summed E-state index contributed by atoms with van der Waals surface area (Å²) in [6.07, 6.45) is 1.32. The van der Waals surface area contributed by atoms with Crippen LogP contribution in [0.5, 0.6) is 5.75 Å². The second-order valence-corrected chi connectivity index (χ2v) is 7.81. The van der Waals surface area contributed by atoms with Gasteiger partial charge in [-0.1, -0.05) is 13.8 Å². The van der Waals surface area contributed by atoms with Crippen molar-refractivity contribution in [1.29, 1.82) is 0 Å². The molecule has 0 radical (unpaired) electrons. The molecule has 0 fully saturated rings. The van der Waals surface area contributed by atoms with Crippen molar-refractivity contribution < 1.29 is 13.2 Å². The average Bonchev–Trinajstić information content (AvgIpc) is 2.44. The Balaban J connectivity index is 3.11. The molecule has 0 aromatic heterocycles. The molecule has 4 nitrogen and oxygen atoms in total. The third kappa shape index (κ3) is 4.87. The van der Waals surface area contributed by atoms with Crippen LogP contribution in [0.2, 0.25) is 0 Å². The van der Waals surface area contributed by atoms with E-state index >= 15 is 0 Å². The van der Waals surface area contributed by atoms with Gasteiger partial charge in [0, 0.05) is 19.5 Å². The summed E-state index contributed by atoms with van der Waals surface area (Å²) < 4.78 is 31.9. The number of benzene rings is 1. The van der Waals surface area contributed by atoms with Gasteiger partial charge in [0.15, 0.2) is 0 Å². The van der Waals surface area contributed by atoms with E-state index in [9.17, 15) is 8.42 Å². The van der Waals surface area contributed by atoms with Gasteiger partial charge in [-0.25, -0.2) is 12.7 Å². The van der Waals surface area contributed by atoms with Crippen molar-refractivity contribution in [3.63, 3.8) is 0 Å². The molecule has 0 bridgehead atoms. The molecule has 1 aromatic carbocycles. The number of aryl methyl sites for hydroxylation is 1. The lowest BCUT2D eigenvalue weighted by molar-refractivity contribution is 0.413. The number of sulfonamides is 1. The molecule has 0 saturated carbocycles. The van der Waals surface area contributed by atoms with Gasteiger partial charge in [0.2, 0.25) is 10.0 Å². The van der Waals surface area contributed by atoms with Gasteiger partial charge >= 0.3 is 0 Å². The van der Waals surface area contributed by atoms with Crippen LogP contribution in [0.1, 0.15) is 25.8 Å². The number of hydrogen-bond acceptors (Lipinski definition) is 3. The second kappa shape index (κ2) is 8.01. The first-order valence-corrected chi connectivity index (χ1v) is 8.99. The number of alkyl halides is 1. The fraction of sp³-hybridized carbons (Fsp3) is 0.600. The van der Waals surface area contributed by atoms with E-state index in [2.05, 4.69) is 13.8 Å². The van der Waals surface area contributed by atoms with Crippen molar-refractivity contribution in [1.82, 2.24) is 4.31 Å². The Morgan fingerprint density at radius 2 is 2.00 bits per heavy atom. The highest BCUT2D eigenvalue weighted by Gasteiger charge is 2.24. The highest BCUT2D eigenvalue weighted by atomic mass is 35.5. The molecule has 1 aromatic rings. The average molecular weight is 334 g/mol. The van der Waals surface area contributed by atoms with E-state index in [1.807, 2.05) is 0 Å². The summed E-state index contributed by atoms with van der Waals surface area (Å²) >= 11 is 5.79. The largest absolute Gasteiger partial charge is 0.497 e. The van der Waals surface area contributed by atoms with Crippen LogP contribution < -0.4 is 4.74 Å². The number of methoxy groups -OCH3 is 1. The minimum absolute atomic E-state index is 0.315. The maximum absolute atomic E-state index is 12.7. The SMILES string of the molecule is COc1ccc(S(=O)(=O)N(C)CCC(C)C)c(CCCl)c1. The summed E-state index contributed by atoms with van der Waals surface area (Å²) in [5.74, 6) is 1.46. The molecule has 0 N–H and O–H groups in total. The zero-order valence-electron chi connectivity index (χ0n) is 13.1. The molecular weight excluding hydrogens is 310 g/mol. The smallest absolute Gasteiger partial charge is 0.243 e. The minimum Gasteiger partial charge on any atom is -0.497 e. The number of nitrogens with zero attached hydrogens (tertiary/aromatic N) is 1. The van der Waals surface area contributed by atoms with Crippen LogP contribution in [0.15, 0.2) is 23.1 Å². The third-order valence-corrected chi connectivity index (χ3v) is 5.49. The number of ether oxygens (including phenoxy) is 1. The molecule has 0 atom stereocenters. The molecule has 0 saturated heterocycles. The van der Waals surface area contributed by atoms with E-state index in [1.54, 1.807) is 32.4 Å². The fourth-order valence-corrected chi connectivity index (χ4v) is 3.58. The van der Waals surface area contributed by atoms with Gasteiger partial charge in [-0.3, -0.25) is 0 Å². The summed E-state index contributed by atoms with van der Waals surface area (Å²) in [4.78, 5) is 0.315. The van der Waals surface area contributed by atoms with Gasteiger partial charge in [0.25, 0.3) is 0 Å². The summed E-state index contributed by atoms with van der Waals surface area (Å²) in [6.45, 7) is 4.66. The van der Waals surface area contributed by atoms with Gasteiger partial charge in [0.05, 0.1) is 12.0 Å². The van der Waals surface area contributed by atoms with Crippen molar-refractivity contribution in [3.8, 4) is 5.75 Å². The molecule has 0 spiro atoms. The van der Waals surface area contributed by atoms with Gasteiger partial charge in [-0.05, 0) is 42.5 Å². The maximum atomic E-state index is 12.7. The van der Waals surface area contributed by atoms with Crippen LogP contribution in [-0.4, -0.2) is 39.3 Å². The van der Waals surface area contributed by atoms with Crippen LogP contribution >= 0.6 is 11.6 Å². The lowest BCUT2D eigenvalue weighted by atomic mass is 10.1.